The van der Waals surface area contributed by atoms with E-state index in [1.54, 1.807) is 0 Å². The van der Waals surface area contributed by atoms with E-state index in [1.165, 1.54) is 31.2 Å². The van der Waals surface area contributed by atoms with E-state index in [0.717, 1.165) is 6.42 Å². The van der Waals surface area contributed by atoms with Gasteiger partial charge in [-0.25, -0.2) is 4.79 Å². The fraction of sp³-hybridized carbons (Fsp3) is 0.526. The van der Waals surface area contributed by atoms with Crippen LogP contribution < -0.4 is 10.6 Å². The number of carbonyl (C=O) groups excluding carboxylic acids is 1. The highest BCUT2D eigenvalue weighted by Gasteiger charge is 2.28. The first-order chi connectivity index (χ1) is 11.3. The summed E-state index contributed by atoms with van der Waals surface area (Å²) in [6, 6.07) is 10.3. The average Bonchev–Trinajstić information content (AvgIpc) is 3.25. The van der Waals surface area contributed by atoms with Gasteiger partial charge in [0.2, 0.25) is 0 Å². The molecule has 4 heteroatoms. The van der Waals surface area contributed by atoms with Gasteiger partial charge in [0, 0.05) is 18.6 Å². The second-order valence-electron chi connectivity index (χ2n) is 6.72. The van der Waals surface area contributed by atoms with Gasteiger partial charge >= 0.3 is 6.03 Å². The van der Waals surface area contributed by atoms with E-state index in [4.69, 9.17) is 0 Å². The summed E-state index contributed by atoms with van der Waals surface area (Å²) in [6.07, 6.45) is 9.60. The first kappa shape index (κ1) is 16.1. The Hall–Kier alpha value is -1.81. The Bertz CT molecular complexity index is 538. The molecule has 2 aliphatic carbocycles. The van der Waals surface area contributed by atoms with E-state index in [9.17, 15) is 9.90 Å². The zero-order chi connectivity index (χ0) is 16.1. The first-order valence-corrected chi connectivity index (χ1v) is 8.67. The third-order valence-corrected chi connectivity index (χ3v) is 5.04. The van der Waals surface area contributed by atoms with Crippen molar-refractivity contribution in [1.82, 2.24) is 10.6 Å². The SMILES string of the molecule is O=C(NC(c1ccccc1)C1CCCC1)N[C@@H]1C=C[C@H](CO)C1. The lowest BCUT2D eigenvalue weighted by atomic mass is 9.92. The molecule has 1 unspecified atom stereocenters. The second-order valence-corrected chi connectivity index (χ2v) is 6.72. The van der Waals surface area contributed by atoms with Crippen molar-refractivity contribution >= 4 is 6.03 Å². The molecule has 0 radical (unpaired) electrons. The normalized spacial score (nSPS) is 25.4. The number of hydrogen-bond donors (Lipinski definition) is 3. The molecule has 1 aromatic rings. The largest absolute Gasteiger partial charge is 0.396 e. The van der Waals surface area contributed by atoms with Crippen molar-refractivity contribution in [2.75, 3.05) is 6.61 Å². The summed E-state index contributed by atoms with van der Waals surface area (Å²) in [5.74, 6) is 0.688. The van der Waals surface area contributed by atoms with Crippen LogP contribution in [0, 0.1) is 11.8 Å². The molecule has 0 bridgehead atoms. The van der Waals surface area contributed by atoms with Crippen molar-refractivity contribution in [3.05, 3.63) is 48.0 Å². The minimum Gasteiger partial charge on any atom is -0.396 e. The molecular formula is C19H26N2O2. The van der Waals surface area contributed by atoms with E-state index in [0.29, 0.717) is 5.92 Å². The van der Waals surface area contributed by atoms with Crippen LogP contribution in [-0.4, -0.2) is 23.8 Å². The smallest absolute Gasteiger partial charge is 0.315 e. The number of nitrogens with one attached hydrogen (secondary N) is 2. The quantitative estimate of drug-likeness (QED) is 0.731. The van der Waals surface area contributed by atoms with Crippen LogP contribution >= 0.6 is 0 Å². The summed E-state index contributed by atoms with van der Waals surface area (Å²) in [6.45, 7) is 0.144. The van der Waals surface area contributed by atoms with Crippen LogP contribution in [0.5, 0.6) is 0 Å². The van der Waals surface area contributed by atoms with E-state index in [2.05, 4.69) is 22.8 Å². The van der Waals surface area contributed by atoms with Gasteiger partial charge in [0.25, 0.3) is 0 Å². The number of benzene rings is 1. The molecule has 0 heterocycles. The van der Waals surface area contributed by atoms with Gasteiger partial charge in [-0.3, -0.25) is 0 Å². The average molecular weight is 314 g/mol. The van der Waals surface area contributed by atoms with E-state index in [1.807, 2.05) is 30.4 Å². The Kier molecular flexibility index (Phi) is 5.34. The number of urea groups is 1. The maximum atomic E-state index is 12.4. The minimum atomic E-state index is -0.112. The zero-order valence-corrected chi connectivity index (χ0v) is 13.4. The number of aliphatic hydroxyl groups is 1. The van der Waals surface area contributed by atoms with Gasteiger partial charge in [-0.05, 0) is 30.7 Å². The van der Waals surface area contributed by atoms with Crippen LogP contribution in [0.2, 0.25) is 0 Å². The van der Waals surface area contributed by atoms with Crippen molar-refractivity contribution in [2.24, 2.45) is 11.8 Å². The molecule has 2 amide bonds. The van der Waals surface area contributed by atoms with Gasteiger partial charge in [0.15, 0.2) is 0 Å². The minimum absolute atomic E-state index is 0.0205. The second kappa shape index (κ2) is 7.64. The molecule has 4 nitrogen and oxygen atoms in total. The lowest BCUT2D eigenvalue weighted by Crippen LogP contribution is -2.44. The van der Waals surface area contributed by atoms with Crippen LogP contribution in [0.1, 0.15) is 43.7 Å². The summed E-state index contributed by atoms with van der Waals surface area (Å²) in [5, 5.41) is 15.4. The molecule has 124 valence electrons. The van der Waals surface area contributed by atoms with Gasteiger partial charge < -0.3 is 15.7 Å². The Labute approximate surface area is 138 Å². The Morgan fingerprint density at radius 3 is 2.57 bits per heavy atom. The maximum Gasteiger partial charge on any atom is 0.315 e. The van der Waals surface area contributed by atoms with Crippen LogP contribution in [-0.2, 0) is 0 Å². The van der Waals surface area contributed by atoms with Gasteiger partial charge in [0.05, 0.1) is 6.04 Å². The van der Waals surface area contributed by atoms with E-state index >= 15 is 0 Å². The monoisotopic (exact) mass is 314 g/mol. The van der Waals surface area contributed by atoms with Crippen molar-refractivity contribution < 1.29 is 9.90 Å². The number of carbonyl (C=O) groups is 1. The molecule has 0 aliphatic heterocycles. The lowest BCUT2D eigenvalue weighted by molar-refractivity contribution is 0.224. The van der Waals surface area contributed by atoms with Crippen LogP contribution in [0.4, 0.5) is 4.79 Å². The van der Waals surface area contributed by atoms with Crippen LogP contribution in [0.3, 0.4) is 0 Å². The Morgan fingerprint density at radius 2 is 1.91 bits per heavy atom. The Balaban J connectivity index is 1.62. The van der Waals surface area contributed by atoms with Crippen LogP contribution in [0.25, 0.3) is 0 Å². The number of aliphatic hydroxyl groups excluding tert-OH is 1. The fourth-order valence-corrected chi connectivity index (χ4v) is 3.79. The van der Waals surface area contributed by atoms with E-state index < -0.39 is 0 Å². The molecule has 1 aromatic carbocycles. The highest BCUT2D eigenvalue weighted by Crippen LogP contribution is 2.35. The molecule has 3 N–H and O–H groups in total. The molecule has 2 aliphatic rings. The molecule has 1 fully saturated rings. The fourth-order valence-electron chi connectivity index (χ4n) is 3.79. The van der Waals surface area contributed by atoms with Crippen LogP contribution in [0.15, 0.2) is 42.5 Å². The van der Waals surface area contributed by atoms with Crippen molar-refractivity contribution in [3.8, 4) is 0 Å². The molecule has 3 atom stereocenters. The van der Waals surface area contributed by atoms with Gasteiger partial charge in [-0.15, -0.1) is 0 Å². The molecular weight excluding hydrogens is 288 g/mol. The highest BCUT2D eigenvalue weighted by molar-refractivity contribution is 5.75. The zero-order valence-electron chi connectivity index (χ0n) is 13.4. The molecule has 1 saturated carbocycles. The molecule has 3 rings (SSSR count). The first-order valence-electron chi connectivity index (χ1n) is 8.67. The molecule has 0 spiro atoms. The van der Waals surface area contributed by atoms with Gasteiger partial charge in [-0.2, -0.15) is 0 Å². The standard InChI is InChI=1S/C19H26N2O2/c22-13-14-10-11-17(12-14)20-19(23)21-18(16-8-4-5-9-16)15-6-2-1-3-7-15/h1-3,6-7,10-11,14,16-18,22H,4-5,8-9,12-13H2,(H2,20,21,23)/t14-,17+,18?/m0/s1. The predicted molar refractivity (Wildman–Crippen MR) is 90.9 cm³/mol. The number of amides is 2. The molecule has 23 heavy (non-hydrogen) atoms. The summed E-state index contributed by atoms with van der Waals surface area (Å²) >= 11 is 0. The topological polar surface area (TPSA) is 61.4 Å². The Morgan fingerprint density at radius 1 is 1.17 bits per heavy atom. The van der Waals surface area contributed by atoms with Crippen molar-refractivity contribution in [1.29, 1.82) is 0 Å². The van der Waals surface area contributed by atoms with Crippen molar-refractivity contribution in [2.45, 2.75) is 44.2 Å². The molecule has 0 saturated heterocycles. The molecule has 0 aromatic heterocycles. The third kappa shape index (κ3) is 4.14. The summed E-state index contributed by atoms with van der Waals surface area (Å²) < 4.78 is 0. The van der Waals surface area contributed by atoms with Gasteiger partial charge in [-0.1, -0.05) is 55.3 Å². The van der Waals surface area contributed by atoms with Gasteiger partial charge in [0.1, 0.15) is 0 Å². The van der Waals surface area contributed by atoms with E-state index in [-0.39, 0.29) is 30.6 Å². The maximum absolute atomic E-state index is 12.4. The summed E-state index contributed by atoms with van der Waals surface area (Å²) in [7, 11) is 0. The number of rotatable bonds is 5. The highest BCUT2D eigenvalue weighted by atomic mass is 16.3. The third-order valence-electron chi connectivity index (χ3n) is 5.04. The summed E-state index contributed by atoms with van der Waals surface area (Å²) in [4.78, 5) is 12.4. The summed E-state index contributed by atoms with van der Waals surface area (Å²) in [5.41, 5.74) is 1.18. The lowest BCUT2D eigenvalue weighted by Gasteiger charge is -2.26. The number of hydrogen-bond acceptors (Lipinski definition) is 2. The van der Waals surface area contributed by atoms with Crippen molar-refractivity contribution in [3.63, 3.8) is 0 Å². The predicted octanol–water partition coefficient (Wildman–Crippen LogP) is 3.15.